The van der Waals surface area contributed by atoms with Gasteiger partial charge in [0.15, 0.2) is 0 Å². The van der Waals surface area contributed by atoms with E-state index < -0.39 is 0 Å². The molecule has 0 aromatic heterocycles. The van der Waals surface area contributed by atoms with Crippen molar-refractivity contribution in [3.63, 3.8) is 0 Å². The zero-order valence-electron chi connectivity index (χ0n) is 11.9. The summed E-state index contributed by atoms with van der Waals surface area (Å²) in [4.78, 5) is 1.19. The van der Waals surface area contributed by atoms with Crippen molar-refractivity contribution in [1.82, 2.24) is 5.32 Å². The third-order valence-electron chi connectivity index (χ3n) is 3.16. The second-order valence-electron chi connectivity index (χ2n) is 4.50. The van der Waals surface area contributed by atoms with Gasteiger partial charge in [0.25, 0.3) is 0 Å². The van der Waals surface area contributed by atoms with E-state index in [1.54, 1.807) is 18.9 Å². The van der Waals surface area contributed by atoms with Gasteiger partial charge in [0, 0.05) is 21.7 Å². The topological polar surface area (TPSA) is 21.3 Å². The van der Waals surface area contributed by atoms with Crippen molar-refractivity contribution in [2.24, 2.45) is 0 Å². The lowest BCUT2D eigenvalue weighted by molar-refractivity contribution is 0.414. The van der Waals surface area contributed by atoms with Crippen molar-refractivity contribution in [3.05, 3.63) is 58.1 Å². The fourth-order valence-electron chi connectivity index (χ4n) is 1.95. The first-order chi connectivity index (χ1) is 10.1. The summed E-state index contributed by atoms with van der Waals surface area (Å²) in [5, 5.41) is 4.71. The Morgan fingerprint density at radius 1 is 1.14 bits per heavy atom. The summed E-state index contributed by atoms with van der Waals surface area (Å²) >= 11 is 13.7. The molecule has 1 unspecified atom stereocenters. The van der Waals surface area contributed by atoms with Crippen LogP contribution in [0.25, 0.3) is 0 Å². The van der Waals surface area contributed by atoms with Crippen LogP contribution in [0.15, 0.2) is 47.4 Å². The van der Waals surface area contributed by atoms with E-state index in [1.807, 2.05) is 49.5 Å². The molecule has 1 N–H and O–H groups in total. The van der Waals surface area contributed by atoms with E-state index in [-0.39, 0.29) is 6.04 Å². The van der Waals surface area contributed by atoms with Gasteiger partial charge in [-0.2, -0.15) is 0 Å². The summed E-state index contributed by atoms with van der Waals surface area (Å²) < 4.78 is 5.28. The van der Waals surface area contributed by atoms with Crippen molar-refractivity contribution in [2.75, 3.05) is 19.9 Å². The van der Waals surface area contributed by atoms with Crippen LogP contribution in [0.5, 0.6) is 5.75 Å². The highest BCUT2D eigenvalue weighted by atomic mass is 35.5. The Labute approximate surface area is 139 Å². The first-order valence-corrected chi connectivity index (χ1v) is 8.27. The van der Waals surface area contributed by atoms with E-state index in [0.29, 0.717) is 10.8 Å². The van der Waals surface area contributed by atoms with E-state index in [1.165, 1.54) is 4.90 Å². The van der Waals surface area contributed by atoms with E-state index in [4.69, 9.17) is 27.9 Å². The van der Waals surface area contributed by atoms with Crippen molar-refractivity contribution in [2.45, 2.75) is 10.9 Å². The van der Waals surface area contributed by atoms with Crippen molar-refractivity contribution < 1.29 is 4.74 Å². The summed E-state index contributed by atoms with van der Waals surface area (Å²) in [6.45, 7) is 0. The molecule has 1 atom stereocenters. The van der Waals surface area contributed by atoms with Crippen LogP contribution in [-0.4, -0.2) is 19.9 Å². The summed E-state index contributed by atoms with van der Waals surface area (Å²) in [6.07, 6.45) is 0. The van der Waals surface area contributed by atoms with E-state index in [2.05, 4.69) is 5.32 Å². The number of hydrogen-bond donors (Lipinski definition) is 1. The van der Waals surface area contributed by atoms with E-state index in [9.17, 15) is 0 Å². The van der Waals surface area contributed by atoms with Crippen LogP contribution in [0.3, 0.4) is 0 Å². The summed E-state index contributed by atoms with van der Waals surface area (Å²) in [5.74, 6) is 1.61. The standard InChI is InChI=1S/C16H17Cl2NOS/c1-19-15(10-21-13-6-4-12(17)5-7-13)11-3-8-14(18)16(9-11)20-2/h3-9,15,19H,10H2,1-2H3. The second kappa shape index (κ2) is 7.95. The van der Waals surface area contributed by atoms with Gasteiger partial charge in [-0.15, -0.1) is 11.8 Å². The zero-order chi connectivity index (χ0) is 15.2. The van der Waals surface area contributed by atoms with Gasteiger partial charge in [0.05, 0.1) is 12.1 Å². The van der Waals surface area contributed by atoms with Crippen LogP contribution in [0.1, 0.15) is 11.6 Å². The number of hydrogen-bond acceptors (Lipinski definition) is 3. The Kier molecular flexibility index (Phi) is 6.24. The van der Waals surface area contributed by atoms with Gasteiger partial charge in [-0.1, -0.05) is 29.3 Å². The molecule has 21 heavy (non-hydrogen) atoms. The fraction of sp³-hybridized carbons (Fsp3) is 0.250. The number of methoxy groups -OCH3 is 1. The van der Waals surface area contributed by atoms with Crippen LogP contribution < -0.4 is 10.1 Å². The fourth-order valence-corrected chi connectivity index (χ4v) is 3.32. The van der Waals surface area contributed by atoms with Crippen molar-refractivity contribution >= 4 is 35.0 Å². The molecule has 0 saturated carbocycles. The predicted octanol–water partition coefficient (Wildman–Crippen LogP) is 5.05. The highest BCUT2D eigenvalue weighted by molar-refractivity contribution is 7.99. The molecule has 0 fully saturated rings. The largest absolute Gasteiger partial charge is 0.495 e. The number of rotatable bonds is 6. The molecule has 0 amide bonds. The molecule has 0 aliphatic carbocycles. The minimum absolute atomic E-state index is 0.219. The Balaban J connectivity index is 2.07. The van der Waals surface area contributed by atoms with Crippen LogP contribution in [0.2, 0.25) is 10.0 Å². The molecule has 0 bridgehead atoms. The lowest BCUT2D eigenvalue weighted by Gasteiger charge is -2.17. The molecule has 0 saturated heterocycles. The second-order valence-corrected chi connectivity index (χ2v) is 6.44. The van der Waals surface area contributed by atoms with Crippen molar-refractivity contribution in [1.29, 1.82) is 0 Å². The molecule has 0 aliphatic rings. The van der Waals surface area contributed by atoms with Gasteiger partial charge < -0.3 is 10.1 Å². The summed E-state index contributed by atoms with van der Waals surface area (Å²) in [6, 6.07) is 14.0. The number of halogens is 2. The molecule has 2 rings (SSSR count). The first-order valence-electron chi connectivity index (χ1n) is 6.53. The zero-order valence-corrected chi connectivity index (χ0v) is 14.2. The van der Waals surface area contributed by atoms with E-state index in [0.717, 1.165) is 16.3 Å². The third kappa shape index (κ3) is 4.55. The van der Waals surface area contributed by atoms with Gasteiger partial charge in [-0.05, 0) is 49.0 Å². The third-order valence-corrected chi connectivity index (χ3v) is 4.83. The lowest BCUT2D eigenvalue weighted by Crippen LogP contribution is -2.18. The maximum absolute atomic E-state index is 6.07. The Bertz CT molecular complexity index is 589. The molecular weight excluding hydrogens is 325 g/mol. The van der Waals surface area contributed by atoms with Gasteiger partial charge in [-0.3, -0.25) is 0 Å². The molecule has 0 aliphatic heterocycles. The first kappa shape index (κ1) is 16.5. The highest BCUT2D eigenvalue weighted by Crippen LogP contribution is 2.30. The molecule has 2 nitrogen and oxygen atoms in total. The summed E-state index contributed by atoms with van der Waals surface area (Å²) in [7, 11) is 3.58. The predicted molar refractivity (Wildman–Crippen MR) is 92.0 cm³/mol. The molecule has 0 radical (unpaired) electrons. The maximum Gasteiger partial charge on any atom is 0.137 e. The Morgan fingerprint density at radius 3 is 2.48 bits per heavy atom. The minimum atomic E-state index is 0.219. The Hall–Kier alpha value is -0.870. The molecule has 2 aromatic rings. The lowest BCUT2D eigenvalue weighted by atomic mass is 10.1. The van der Waals surface area contributed by atoms with Gasteiger partial charge >= 0.3 is 0 Å². The van der Waals surface area contributed by atoms with Gasteiger partial charge in [-0.25, -0.2) is 0 Å². The SMILES string of the molecule is CNC(CSc1ccc(Cl)cc1)c1ccc(Cl)c(OC)c1. The van der Waals surface area contributed by atoms with Crippen LogP contribution in [-0.2, 0) is 0 Å². The number of nitrogens with one attached hydrogen (secondary N) is 1. The normalized spacial score (nSPS) is 12.2. The van der Waals surface area contributed by atoms with Gasteiger partial charge in [0.1, 0.15) is 5.75 Å². The average molecular weight is 342 g/mol. The molecule has 0 heterocycles. The van der Waals surface area contributed by atoms with Crippen LogP contribution in [0.4, 0.5) is 0 Å². The van der Waals surface area contributed by atoms with Crippen LogP contribution >= 0.6 is 35.0 Å². The Morgan fingerprint density at radius 2 is 1.86 bits per heavy atom. The molecule has 112 valence electrons. The number of ether oxygens (including phenoxy) is 1. The quantitative estimate of drug-likeness (QED) is 0.742. The molecular formula is C16H17Cl2NOS. The smallest absolute Gasteiger partial charge is 0.137 e. The molecule has 5 heteroatoms. The number of thioether (sulfide) groups is 1. The average Bonchev–Trinajstić information content (AvgIpc) is 2.51. The highest BCUT2D eigenvalue weighted by Gasteiger charge is 2.12. The van der Waals surface area contributed by atoms with E-state index >= 15 is 0 Å². The maximum atomic E-state index is 6.07. The number of benzene rings is 2. The van der Waals surface area contributed by atoms with Crippen molar-refractivity contribution in [3.8, 4) is 5.75 Å². The summed E-state index contributed by atoms with van der Waals surface area (Å²) in [5.41, 5.74) is 1.15. The van der Waals surface area contributed by atoms with Gasteiger partial charge in [0.2, 0.25) is 0 Å². The monoisotopic (exact) mass is 341 g/mol. The molecule has 0 spiro atoms. The van der Waals surface area contributed by atoms with Crippen LogP contribution in [0, 0.1) is 0 Å². The minimum Gasteiger partial charge on any atom is -0.495 e. The molecule has 2 aromatic carbocycles.